The lowest BCUT2D eigenvalue weighted by molar-refractivity contribution is -0.253. The van der Waals surface area contributed by atoms with Gasteiger partial charge in [-0.25, -0.2) is 8.78 Å². The molecule has 0 amide bonds. The number of halogens is 6. The van der Waals surface area contributed by atoms with Gasteiger partial charge >= 0.3 is 12.5 Å². The molecule has 2 nitrogen and oxygen atoms in total. The maximum atomic E-state index is 12.6. The molecular weight excluding hydrogens is 276 g/mol. The summed E-state index contributed by atoms with van der Waals surface area (Å²) in [7, 11) is 0. The van der Waals surface area contributed by atoms with E-state index in [1.807, 2.05) is 0 Å². The summed E-state index contributed by atoms with van der Waals surface area (Å²) in [5.74, 6) is -0.502. The van der Waals surface area contributed by atoms with Gasteiger partial charge in [0.25, 0.3) is 0 Å². The fourth-order valence-corrected chi connectivity index (χ4v) is 1.31. The van der Waals surface area contributed by atoms with Crippen molar-refractivity contribution >= 4 is 0 Å². The van der Waals surface area contributed by atoms with Gasteiger partial charge in [-0.15, -0.1) is 0 Å². The molecule has 1 rings (SSSR count). The normalized spacial score (nSPS) is 13.9. The van der Waals surface area contributed by atoms with Gasteiger partial charge in [0, 0.05) is 12.5 Å². The third-order valence-corrected chi connectivity index (χ3v) is 2.25. The summed E-state index contributed by atoms with van der Waals surface area (Å²) in [6.07, 6.45) is -11.8. The lowest BCUT2D eigenvalue weighted by atomic mass is 10.1. The smallest absolute Gasteiger partial charge is 0.428 e. The quantitative estimate of drug-likeness (QED) is 0.812. The van der Waals surface area contributed by atoms with Crippen molar-refractivity contribution in [2.24, 2.45) is 5.73 Å². The maximum absolute atomic E-state index is 12.6. The van der Waals surface area contributed by atoms with Gasteiger partial charge < -0.3 is 10.5 Å². The Morgan fingerprint density at radius 2 is 1.58 bits per heavy atom. The van der Waals surface area contributed by atoms with Crippen LogP contribution in [0.3, 0.4) is 0 Å². The topological polar surface area (TPSA) is 35.2 Å². The molecule has 0 unspecified atom stereocenters. The highest BCUT2D eigenvalue weighted by Gasteiger charge is 2.43. The third-order valence-electron chi connectivity index (χ3n) is 2.25. The van der Waals surface area contributed by atoms with Gasteiger partial charge in [0.1, 0.15) is 5.75 Å². The van der Waals surface area contributed by atoms with E-state index in [1.165, 1.54) is 12.1 Å². The zero-order chi connectivity index (χ0) is 14.6. The van der Waals surface area contributed by atoms with E-state index in [4.69, 9.17) is 5.73 Å². The highest BCUT2D eigenvalue weighted by atomic mass is 19.3. The Morgan fingerprint density at radius 3 is 2.00 bits per heavy atom. The highest BCUT2D eigenvalue weighted by Crippen LogP contribution is 2.28. The predicted octanol–water partition coefficient (Wildman–Crippen LogP) is 3.58. The Bertz CT molecular complexity index is 395. The number of benzene rings is 1. The number of ether oxygens (including phenoxy) is 1. The average Bonchev–Trinajstić information content (AvgIpc) is 2.28. The molecule has 0 saturated heterocycles. The van der Waals surface area contributed by atoms with Crippen LogP contribution in [0.25, 0.3) is 0 Å². The van der Waals surface area contributed by atoms with Gasteiger partial charge in [-0.3, -0.25) is 0 Å². The molecule has 0 aromatic heterocycles. The van der Waals surface area contributed by atoms with E-state index < -0.39 is 37.2 Å². The highest BCUT2D eigenvalue weighted by molar-refractivity contribution is 5.29. The standard InChI is InChI=1S/C11H11F6NO/c12-9(13)5-8(18)6-1-3-7(4-2-6)19-11(16,17)10(14)15/h1-4,8-10H,5,18H2/t8-/m0/s1. The summed E-state index contributed by atoms with van der Waals surface area (Å²) in [6.45, 7) is 0. The summed E-state index contributed by atoms with van der Waals surface area (Å²) >= 11 is 0. The summed E-state index contributed by atoms with van der Waals surface area (Å²) in [5, 5.41) is 0. The van der Waals surface area contributed by atoms with E-state index in [0.717, 1.165) is 12.1 Å². The SMILES string of the molecule is N[C@@H](CC(F)F)c1ccc(OC(F)(F)C(F)F)cc1. The van der Waals surface area contributed by atoms with Crippen molar-refractivity contribution in [1.29, 1.82) is 0 Å². The van der Waals surface area contributed by atoms with Crippen LogP contribution in [-0.4, -0.2) is 19.0 Å². The zero-order valence-corrected chi connectivity index (χ0v) is 9.50. The maximum Gasteiger partial charge on any atom is 0.461 e. The van der Waals surface area contributed by atoms with E-state index >= 15 is 0 Å². The molecule has 1 atom stereocenters. The van der Waals surface area contributed by atoms with Crippen molar-refractivity contribution in [3.05, 3.63) is 29.8 Å². The number of rotatable bonds is 6. The van der Waals surface area contributed by atoms with Gasteiger partial charge in [0.15, 0.2) is 0 Å². The second-order valence-electron chi connectivity index (χ2n) is 3.77. The Labute approximate surface area is 105 Å². The number of alkyl halides is 6. The fraction of sp³-hybridized carbons (Fsp3) is 0.455. The zero-order valence-electron chi connectivity index (χ0n) is 9.50. The van der Waals surface area contributed by atoms with Gasteiger partial charge in [-0.2, -0.15) is 17.6 Å². The van der Waals surface area contributed by atoms with Crippen molar-refractivity contribution in [1.82, 2.24) is 0 Å². The Balaban J connectivity index is 2.71. The molecule has 108 valence electrons. The molecule has 0 aliphatic heterocycles. The molecule has 1 aromatic carbocycles. The summed E-state index contributed by atoms with van der Waals surface area (Å²) in [4.78, 5) is 0. The van der Waals surface area contributed by atoms with Crippen LogP contribution in [0.2, 0.25) is 0 Å². The second kappa shape index (κ2) is 6.14. The van der Waals surface area contributed by atoms with Gasteiger partial charge in [-0.05, 0) is 17.7 Å². The molecule has 8 heteroatoms. The van der Waals surface area contributed by atoms with Crippen LogP contribution in [0.4, 0.5) is 26.3 Å². The molecule has 19 heavy (non-hydrogen) atoms. The number of hydrogen-bond donors (Lipinski definition) is 1. The molecule has 0 radical (unpaired) electrons. The fourth-order valence-electron chi connectivity index (χ4n) is 1.31. The Morgan fingerprint density at radius 1 is 1.05 bits per heavy atom. The Kier molecular flexibility index (Phi) is 5.04. The minimum Gasteiger partial charge on any atom is -0.428 e. The largest absolute Gasteiger partial charge is 0.461 e. The monoisotopic (exact) mass is 287 g/mol. The van der Waals surface area contributed by atoms with E-state index in [-0.39, 0.29) is 5.56 Å². The van der Waals surface area contributed by atoms with Crippen LogP contribution in [-0.2, 0) is 0 Å². The molecule has 0 saturated carbocycles. The summed E-state index contributed by atoms with van der Waals surface area (Å²) < 4.78 is 76.8. The van der Waals surface area contributed by atoms with Crippen molar-refractivity contribution in [3.63, 3.8) is 0 Å². The van der Waals surface area contributed by atoms with E-state index in [2.05, 4.69) is 4.74 Å². The van der Waals surface area contributed by atoms with E-state index in [1.54, 1.807) is 0 Å². The van der Waals surface area contributed by atoms with Gasteiger partial charge in [0.2, 0.25) is 6.43 Å². The first kappa shape index (κ1) is 15.6. The predicted molar refractivity (Wildman–Crippen MR) is 55.6 cm³/mol. The summed E-state index contributed by atoms with van der Waals surface area (Å²) in [6, 6.07) is 3.31. The molecule has 0 fully saturated rings. The lowest BCUT2D eigenvalue weighted by Gasteiger charge is -2.17. The summed E-state index contributed by atoms with van der Waals surface area (Å²) in [5.41, 5.74) is 5.70. The average molecular weight is 287 g/mol. The van der Waals surface area contributed by atoms with Crippen molar-refractivity contribution in [2.75, 3.05) is 0 Å². The first-order valence-electron chi connectivity index (χ1n) is 5.21. The van der Waals surface area contributed by atoms with Crippen LogP contribution in [0, 0.1) is 0 Å². The lowest BCUT2D eigenvalue weighted by Crippen LogP contribution is -2.33. The molecule has 0 aliphatic rings. The minimum absolute atomic E-state index is 0.271. The van der Waals surface area contributed by atoms with Crippen molar-refractivity contribution in [3.8, 4) is 5.75 Å². The molecule has 0 heterocycles. The molecule has 0 bridgehead atoms. The Hall–Kier alpha value is -1.44. The van der Waals surface area contributed by atoms with Crippen LogP contribution < -0.4 is 10.5 Å². The molecule has 0 aliphatic carbocycles. The second-order valence-corrected chi connectivity index (χ2v) is 3.77. The minimum atomic E-state index is -4.60. The number of nitrogens with two attached hydrogens (primary N) is 1. The molecule has 2 N–H and O–H groups in total. The van der Waals surface area contributed by atoms with Crippen LogP contribution in [0.1, 0.15) is 18.0 Å². The molecule has 1 aromatic rings. The first-order chi connectivity index (χ1) is 8.72. The van der Waals surface area contributed by atoms with E-state index in [0.29, 0.717) is 0 Å². The van der Waals surface area contributed by atoms with Gasteiger partial charge in [-0.1, -0.05) is 12.1 Å². The first-order valence-corrected chi connectivity index (χ1v) is 5.21. The van der Waals surface area contributed by atoms with E-state index in [9.17, 15) is 26.3 Å². The van der Waals surface area contributed by atoms with Crippen molar-refractivity contribution in [2.45, 2.75) is 31.4 Å². The van der Waals surface area contributed by atoms with Crippen LogP contribution in [0.15, 0.2) is 24.3 Å². The third kappa shape index (κ3) is 4.62. The molecular formula is C11H11F6NO. The molecule has 0 spiro atoms. The van der Waals surface area contributed by atoms with Crippen LogP contribution >= 0.6 is 0 Å². The number of hydrogen-bond acceptors (Lipinski definition) is 2. The van der Waals surface area contributed by atoms with Crippen molar-refractivity contribution < 1.29 is 31.1 Å². The van der Waals surface area contributed by atoms with Gasteiger partial charge in [0.05, 0.1) is 0 Å². The van der Waals surface area contributed by atoms with Crippen LogP contribution in [0.5, 0.6) is 5.75 Å².